The Hall–Kier alpha value is -2.77. The fourth-order valence-corrected chi connectivity index (χ4v) is 5.65. The molecule has 3 aliphatic rings. The molecule has 8 heteroatoms. The first kappa shape index (κ1) is 26.8. The van der Waals surface area contributed by atoms with Crippen molar-refractivity contribution in [2.45, 2.75) is 63.5 Å². The molecule has 38 heavy (non-hydrogen) atoms. The van der Waals surface area contributed by atoms with Crippen molar-refractivity contribution < 1.29 is 14.3 Å². The zero-order chi connectivity index (χ0) is 26.7. The Morgan fingerprint density at radius 2 is 1.76 bits per heavy atom. The van der Waals surface area contributed by atoms with Gasteiger partial charge in [0, 0.05) is 62.0 Å². The Morgan fingerprint density at radius 3 is 2.42 bits per heavy atom. The molecule has 2 saturated heterocycles. The van der Waals surface area contributed by atoms with Gasteiger partial charge in [0.15, 0.2) is 0 Å². The van der Waals surface area contributed by atoms with E-state index in [-0.39, 0.29) is 17.4 Å². The highest BCUT2D eigenvalue weighted by molar-refractivity contribution is 6.30. The lowest BCUT2D eigenvalue weighted by Gasteiger charge is -2.39. The number of carbonyl (C=O) groups excluding carboxylic acids is 2. The molecular formula is C30H39ClN4O3. The molecule has 2 N–H and O–H groups in total. The van der Waals surface area contributed by atoms with E-state index >= 15 is 0 Å². The minimum absolute atomic E-state index is 0.0334. The number of likely N-dealkylation sites (tertiary alicyclic amines) is 1. The van der Waals surface area contributed by atoms with Crippen LogP contribution in [0.5, 0.6) is 0 Å². The first-order valence-corrected chi connectivity index (χ1v) is 14.2. The van der Waals surface area contributed by atoms with E-state index in [9.17, 15) is 9.59 Å². The Balaban J connectivity index is 1.23. The fourth-order valence-electron chi connectivity index (χ4n) is 5.46. The van der Waals surface area contributed by atoms with Gasteiger partial charge in [-0.2, -0.15) is 0 Å². The molecular weight excluding hydrogens is 500 g/mol. The quantitative estimate of drug-likeness (QED) is 0.457. The molecule has 2 aromatic carbocycles. The van der Waals surface area contributed by atoms with Gasteiger partial charge in [-0.1, -0.05) is 17.7 Å². The Bertz CT molecular complexity index is 1150. The summed E-state index contributed by atoms with van der Waals surface area (Å²) in [6.07, 6.45) is 6.45. The van der Waals surface area contributed by atoms with Crippen molar-refractivity contribution in [3.05, 3.63) is 53.1 Å². The van der Waals surface area contributed by atoms with Gasteiger partial charge < -0.3 is 25.2 Å². The average Bonchev–Trinajstić information content (AvgIpc) is 3.73. The third-order valence-electron chi connectivity index (χ3n) is 8.36. The predicted molar refractivity (Wildman–Crippen MR) is 152 cm³/mol. The maximum Gasteiger partial charge on any atom is 0.251 e. The van der Waals surface area contributed by atoms with Gasteiger partial charge in [-0.15, -0.1) is 0 Å². The minimum atomic E-state index is -0.104. The Morgan fingerprint density at radius 1 is 1.03 bits per heavy atom. The molecule has 0 unspecified atom stereocenters. The second-order valence-corrected chi connectivity index (χ2v) is 11.7. The van der Waals surface area contributed by atoms with Crippen molar-refractivity contribution in [2.75, 3.05) is 43.5 Å². The van der Waals surface area contributed by atoms with E-state index in [2.05, 4.69) is 22.5 Å². The number of amides is 2. The summed E-state index contributed by atoms with van der Waals surface area (Å²) in [7, 11) is 1.76. The van der Waals surface area contributed by atoms with Crippen molar-refractivity contribution >= 4 is 40.5 Å². The van der Waals surface area contributed by atoms with Crippen molar-refractivity contribution in [1.29, 1.82) is 0 Å². The van der Waals surface area contributed by atoms with Gasteiger partial charge in [-0.25, -0.2) is 0 Å². The number of nitrogens with zero attached hydrogens (tertiary/aromatic N) is 2. The largest absolute Gasteiger partial charge is 0.378 e. The number of nitrogens with one attached hydrogen (secondary N) is 2. The smallest absolute Gasteiger partial charge is 0.251 e. The maximum atomic E-state index is 13.0. The molecule has 5 rings (SSSR count). The van der Waals surface area contributed by atoms with E-state index in [1.807, 2.05) is 47.4 Å². The first-order chi connectivity index (χ1) is 18.3. The second-order valence-electron chi connectivity index (χ2n) is 11.3. The number of ether oxygens (including phenoxy) is 1. The van der Waals surface area contributed by atoms with Crippen LogP contribution in [-0.2, 0) is 9.53 Å². The molecule has 2 amide bonds. The highest BCUT2D eigenvalue weighted by Crippen LogP contribution is 2.35. The van der Waals surface area contributed by atoms with Crippen molar-refractivity contribution in [1.82, 2.24) is 10.2 Å². The van der Waals surface area contributed by atoms with Gasteiger partial charge in [-0.3, -0.25) is 9.59 Å². The van der Waals surface area contributed by atoms with Crippen LogP contribution < -0.4 is 15.5 Å². The van der Waals surface area contributed by atoms with Crippen LogP contribution in [0.15, 0.2) is 42.5 Å². The lowest BCUT2D eigenvalue weighted by molar-refractivity contribution is -0.137. The number of hydrogen-bond acceptors (Lipinski definition) is 5. The molecule has 2 heterocycles. The normalized spacial score (nSPS) is 19.8. The van der Waals surface area contributed by atoms with Gasteiger partial charge in [0.1, 0.15) is 0 Å². The summed E-state index contributed by atoms with van der Waals surface area (Å²) in [4.78, 5) is 30.1. The third-order valence-corrected chi connectivity index (χ3v) is 8.60. The van der Waals surface area contributed by atoms with E-state index in [0.717, 1.165) is 81.8 Å². The van der Waals surface area contributed by atoms with Gasteiger partial charge >= 0.3 is 0 Å². The molecule has 204 valence electrons. The number of benzene rings is 2. The molecule has 0 aromatic heterocycles. The lowest BCUT2D eigenvalue weighted by Crippen LogP contribution is -2.46. The van der Waals surface area contributed by atoms with Gasteiger partial charge in [0.2, 0.25) is 5.91 Å². The van der Waals surface area contributed by atoms with Crippen LogP contribution in [0.1, 0.15) is 62.2 Å². The predicted octanol–water partition coefficient (Wildman–Crippen LogP) is 5.61. The molecule has 0 atom stereocenters. The fraction of sp³-hybridized carbons (Fsp3) is 0.533. The van der Waals surface area contributed by atoms with E-state index in [1.165, 1.54) is 0 Å². The molecule has 0 radical (unpaired) electrons. The van der Waals surface area contributed by atoms with E-state index < -0.39 is 0 Å². The lowest BCUT2D eigenvalue weighted by atomic mass is 9.90. The van der Waals surface area contributed by atoms with Crippen LogP contribution in [-0.4, -0.2) is 61.6 Å². The SMILES string of the molecule is COC1(C)CCN(C(=O)CC2CCN(c3ccc(C(=O)NC4CC4)cc3Nc3cccc(Cl)c3)CC2)CC1. The number of halogens is 1. The summed E-state index contributed by atoms with van der Waals surface area (Å²) in [5, 5.41) is 7.24. The van der Waals surface area contributed by atoms with Crippen LogP contribution in [0.25, 0.3) is 0 Å². The second kappa shape index (κ2) is 11.5. The monoisotopic (exact) mass is 538 g/mol. The molecule has 2 aromatic rings. The number of carbonyl (C=O) groups is 2. The number of methoxy groups -OCH3 is 1. The summed E-state index contributed by atoms with van der Waals surface area (Å²) >= 11 is 6.23. The van der Waals surface area contributed by atoms with Crippen molar-refractivity contribution in [3.63, 3.8) is 0 Å². The van der Waals surface area contributed by atoms with Crippen molar-refractivity contribution in [3.8, 4) is 0 Å². The van der Waals surface area contributed by atoms with Crippen LogP contribution >= 0.6 is 11.6 Å². The van der Waals surface area contributed by atoms with Crippen LogP contribution in [0, 0.1) is 5.92 Å². The first-order valence-electron chi connectivity index (χ1n) is 13.9. The molecule has 7 nitrogen and oxygen atoms in total. The highest BCUT2D eigenvalue weighted by atomic mass is 35.5. The Kier molecular flexibility index (Phi) is 8.15. The molecule has 0 bridgehead atoms. The number of anilines is 3. The van der Waals surface area contributed by atoms with E-state index in [0.29, 0.717) is 29.0 Å². The topological polar surface area (TPSA) is 73.9 Å². The summed E-state index contributed by atoms with van der Waals surface area (Å²) in [5.41, 5.74) is 3.38. The van der Waals surface area contributed by atoms with Gasteiger partial charge in [0.25, 0.3) is 5.91 Å². The molecule has 1 saturated carbocycles. The van der Waals surface area contributed by atoms with Crippen LogP contribution in [0.3, 0.4) is 0 Å². The van der Waals surface area contributed by atoms with E-state index in [4.69, 9.17) is 16.3 Å². The molecule has 2 aliphatic heterocycles. The standard InChI is InChI=1S/C30H39ClN4O3/c1-30(38-2)12-16-35(17-13-30)28(36)18-21-10-14-34(15-11-21)27-9-6-22(29(37)33-24-7-8-24)19-26(27)32-25-5-3-4-23(31)20-25/h3-6,9,19-21,24,32H,7-8,10-18H2,1-2H3,(H,33,37). The van der Waals surface area contributed by atoms with Crippen molar-refractivity contribution in [2.24, 2.45) is 5.92 Å². The number of rotatable bonds is 8. The number of hydrogen-bond donors (Lipinski definition) is 2. The minimum Gasteiger partial charge on any atom is -0.378 e. The zero-order valence-electron chi connectivity index (χ0n) is 22.5. The average molecular weight is 539 g/mol. The van der Waals surface area contributed by atoms with Crippen LogP contribution in [0.2, 0.25) is 5.02 Å². The highest BCUT2D eigenvalue weighted by Gasteiger charge is 2.33. The van der Waals surface area contributed by atoms with E-state index in [1.54, 1.807) is 7.11 Å². The third kappa shape index (κ3) is 6.62. The van der Waals surface area contributed by atoms with Gasteiger partial charge in [-0.05, 0) is 87.8 Å². The zero-order valence-corrected chi connectivity index (χ0v) is 23.2. The molecule has 1 aliphatic carbocycles. The molecule has 0 spiro atoms. The van der Waals surface area contributed by atoms with Gasteiger partial charge in [0.05, 0.1) is 17.0 Å². The Labute approximate surface area is 230 Å². The summed E-state index contributed by atoms with van der Waals surface area (Å²) in [6, 6.07) is 13.8. The number of piperidine rings is 2. The summed E-state index contributed by atoms with van der Waals surface area (Å²) in [6.45, 7) is 5.43. The van der Waals surface area contributed by atoms with Crippen LogP contribution in [0.4, 0.5) is 17.1 Å². The maximum absolute atomic E-state index is 13.0. The summed E-state index contributed by atoms with van der Waals surface area (Å²) in [5.74, 6) is 0.632. The molecule has 3 fully saturated rings. The summed E-state index contributed by atoms with van der Waals surface area (Å²) < 4.78 is 5.63.